The van der Waals surface area contributed by atoms with Crippen molar-refractivity contribution in [3.8, 4) is 22.5 Å². The van der Waals surface area contributed by atoms with E-state index in [4.69, 9.17) is 0 Å². The Balaban J connectivity index is 2.08. The Hall–Kier alpha value is -2.43. The summed E-state index contributed by atoms with van der Waals surface area (Å²) in [7, 11) is 0. The fourth-order valence-corrected chi connectivity index (χ4v) is 2.18. The number of hydrogen-bond acceptors (Lipinski definition) is 3. The number of benzene rings is 1. The predicted octanol–water partition coefficient (Wildman–Crippen LogP) is 3.09. The quantitative estimate of drug-likeness (QED) is 0.776. The minimum Gasteiger partial charge on any atom is -0.285 e. The largest absolute Gasteiger partial charge is 0.285 e. The SMILES string of the molecule is CC(C)(C)n1ncnc1-c1cccc(-c2cn[nH]c2)c1. The van der Waals surface area contributed by atoms with E-state index in [2.05, 4.69) is 59.3 Å². The van der Waals surface area contributed by atoms with E-state index in [1.54, 1.807) is 6.33 Å². The zero-order valence-electron chi connectivity index (χ0n) is 11.8. The Kier molecular flexibility index (Phi) is 2.89. The number of nitrogens with one attached hydrogen (secondary N) is 1. The molecular formula is C15H17N5. The maximum Gasteiger partial charge on any atom is 0.158 e. The highest BCUT2D eigenvalue weighted by atomic mass is 15.4. The third-order valence-electron chi connectivity index (χ3n) is 3.14. The summed E-state index contributed by atoms with van der Waals surface area (Å²) < 4.78 is 1.95. The lowest BCUT2D eigenvalue weighted by molar-refractivity contribution is 0.359. The van der Waals surface area contributed by atoms with Gasteiger partial charge in [-0.1, -0.05) is 18.2 Å². The first-order chi connectivity index (χ1) is 9.55. The third kappa shape index (κ3) is 2.22. The number of hydrogen-bond donors (Lipinski definition) is 1. The summed E-state index contributed by atoms with van der Waals surface area (Å²) >= 11 is 0. The third-order valence-corrected chi connectivity index (χ3v) is 3.14. The predicted molar refractivity (Wildman–Crippen MR) is 78.0 cm³/mol. The van der Waals surface area contributed by atoms with Gasteiger partial charge in [0.1, 0.15) is 6.33 Å². The van der Waals surface area contributed by atoms with Gasteiger partial charge in [-0.2, -0.15) is 10.2 Å². The number of aromatic nitrogens is 5. The van der Waals surface area contributed by atoms with Crippen LogP contribution in [-0.4, -0.2) is 25.0 Å². The Morgan fingerprint density at radius 1 is 1.10 bits per heavy atom. The molecule has 0 radical (unpaired) electrons. The van der Waals surface area contributed by atoms with Crippen LogP contribution in [0.2, 0.25) is 0 Å². The smallest absolute Gasteiger partial charge is 0.158 e. The van der Waals surface area contributed by atoms with Crippen LogP contribution in [0.25, 0.3) is 22.5 Å². The number of rotatable bonds is 2. The second-order valence-corrected chi connectivity index (χ2v) is 5.73. The van der Waals surface area contributed by atoms with Crippen molar-refractivity contribution >= 4 is 0 Å². The van der Waals surface area contributed by atoms with Crippen molar-refractivity contribution in [2.45, 2.75) is 26.3 Å². The Morgan fingerprint density at radius 3 is 2.60 bits per heavy atom. The van der Waals surface area contributed by atoms with Crippen LogP contribution < -0.4 is 0 Å². The van der Waals surface area contributed by atoms with E-state index in [-0.39, 0.29) is 5.54 Å². The van der Waals surface area contributed by atoms with Crippen molar-refractivity contribution in [3.05, 3.63) is 43.0 Å². The first kappa shape index (κ1) is 12.6. The van der Waals surface area contributed by atoms with Gasteiger partial charge in [-0.05, 0) is 32.4 Å². The van der Waals surface area contributed by atoms with Gasteiger partial charge >= 0.3 is 0 Å². The van der Waals surface area contributed by atoms with Gasteiger partial charge in [0.25, 0.3) is 0 Å². The van der Waals surface area contributed by atoms with Crippen LogP contribution >= 0.6 is 0 Å². The zero-order valence-corrected chi connectivity index (χ0v) is 11.8. The lowest BCUT2D eigenvalue weighted by Gasteiger charge is -2.21. The van der Waals surface area contributed by atoms with Crippen LogP contribution in [0.5, 0.6) is 0 Å². The van der Waals surface area contributed by atoms with Gasteiger partial charge in [0.2, 0.25) is 0 Å². The fourth-order valence-electron chi connectivity index (χ4n) is 2.18. The fraction of sp³-hybridized carbons (Fsp3) is 0.267. The number of nitrogens with zero attached hydrogens (tertiary/aromatic N) is 4. The van der Waals surface area contributed by atoms with E-state index >= 15 is 0 Å². The first-order valence-corrected chi connectivity index (χ1v) is 6.56. The highest BCUT2D eigenvalue weighted by Crippen LogP contribution is 2.27. The normalized spacial score (nSPS) is 11.8. The van der Waals surface area contributed by atoms with Gasteiger partial charge in [-0.3, -0.25) is 5.10 Å². The van der Waals surface area contributed by atoms with E-state index < -0.39 is 0 Å². The molecule has 3 rings (SSSR count). The molecule has 0 aliphatic heterocycles. The summed E-state index contributed by atoms with van der Waals surface area (Å²) in [4.78, 5) is 4.40. The second kappa shape index (κ2) is 4.59. The minimum atomic E-state index is -0.0997. The van der Waals surface area contributed by atoms with Crippen molar-refractivity contribution in [1.29, 1.82) is 0 Å². The molecule has 0 atom stereocenters. The molecule has 2 aromatic heterocycles. The highest BCUT2D eigenvalue weighted by molar-refractivity contribution is 5.69. The van der Waals surface area contributed by atoms with Crippen LogP contribution in [0.15, 0.2) is 43.0 Å². The molecule has 5 heteroatoms. The van der Waals surface area contributed by atoms with Crippen molar-refractivity contribution < 1.29 is 0 Å². The highest BCUT2D eigenvalue weighted by Gasteiger charge is 2.19. The summed E-state index contributed by atoms with van der Waals surface area (Å²) in [6.45, 7) is 6.35. The van der Waals surface area contributed by atoms with E-state index in [0.717, 1.165) is 22.5 Å². The topological polar surface area (TPSA) is 59.4 Å². The lowest BCUT2D eigenvalue weighted by atomic mass is 10.0. The monoisotopic (exact) mass is 267 g/mol. The van der Waals surface area contributed by atoms with E-state index in [0.29, 0.717) is 0 Å². The maximum absolute atomic E-state index is 4.40. The average Bonchev–Trinajstić information content (AvgIpc) is 3.10. The molecule has 0 saturated carbocycles. The Labute approximate surface area is 117 Å². The molecular weight excluding hydrogens is 250 g/mol. The molecule has 0 fully saturated rings. The van der Waals surface area contributed by atoms with Crippen LogP contribution in [0.4, 0.5) is 0 Å². The van der Waals surface area contributed by atoms with E-state index in [1.165, 1.54) is 0 Å². The Bertz CT molecular complexity index is 704. The van der Waals surface area contributed by atoms with Crippen LogP contribution in [0.1, 0.15) is 20.8 Å². The molecule has 0 unspecified atom stereocenters. The van der Waals surface area contributed by atoms with Crippen molar-refractivity contribution in [2.24, 2.45) is 0 Å². The van der Waals surface area contributed by atoms with Gasteiger partial charge in [0, 0.05) is 17.3 Å². The van der Waals surface area contributed by atoms with Crippen LogP contribution in [0.3, 0.4) is 0 Å². The maximum atomic E-state index is 4.40. The molecule has 1 N–H and O–H groups in total. The molecule has 0 aliphatic rings. The molecule has 1 aromatic carbocycles. The summed E-state index contributed by atoms with van der Waals surface area (Å²) in [6, 6.07) is 8.25. The molecule has 102 valence electrons. The molecule has 0 spiro atoms. The van der Waals surface area contributed by atoms with Crippen LogP contribution in [0, 0.1) is 0 Å². The number of H-pyrrole nitrogens is 1. The standard InChI is InChI=1S/C15H17N5/c1-15(2,3)20-14(16-10-19-20)12-6-4-5-11(7-12)13-8-17-18-9-13/h4-10H,1-3H3,(H,17,18). The van der Waals surface area contributed by atoms with Gasteiger partial charge in [0.15, 0.2) is 5.82 Å². The van der Waals surface area contributed by atoms with Crippen molar-refractivity contribution in [3.63, 3.8) is 0 Å². The molecule has 0 bridgehead atoms. The molecule has 0 aliphatic carbocycles. The average molecular weight is 267 g/mol. The molecule has 2 heterocycles. The summed E-state index contributed by atoms with van der Waals surface area (Å²) in [6.07, 6.45) is 5.30. The summed E-state index contributed by atoms with van der Waals surface area (Å²) in [5.41, 5.74) is 3.13. The summed E-state index contributed by atoms with van der Waals surface area (Å²) in [5.74, 6) is 0.878. The van der Waals surface area contributed by atoms with Gasteiger partial charge in [-0.25, -0.2) is 9.67 Å². The van der Waals surface area contributed by atoms with Gasteiger partial charge in [0.05, 0.1) is 11.7 Å². The number of aromatic amines is 1. The molecule has 3 aromatic rings. The molecule has 5 nitrogen and oxygen atoms in total. The molecule has 0 amide bonds. The summed E-state index contributed by atoms with van der Waals surface area (Å²) in [5, 5.41) is 11.2. The van der Waals surface area contributed by atoms with Crippen molar-refractivity contribution in [2.75, 3.05) is 0 Å². The molecule has 20 heavy (non-hydrogen) atoms. The minimum absolute atomic E-state index is 0.0997. The van der Waals surface area contributed by atoms with E-state index in [9.17, 15) is 0 Å². The van der Waals surface area contributed by atoms with Crippen molar-refractivity contribution in [1.82, 2.24) is 25.0 Å². The second-order valence-electron chi connectivity index (χ2n) is 5.73. The molecule has 0 saturated heterocycles. The van der Waals surface area contributed by atoms with Gasteiger partial charge in [-0.15, -0.1) is 0 Å². The zero-order chi connectivity index (χ0) is 14.2. The lowest BCUT2D eigenvalue weighted by Crippen LogP contribution is -2.24. The Morgan fingerprint density at radius 2 is 1.90 bits per heavy atom. The van der Waals surface area contributed by atoms with Gasteiger partial charge < -0.3 is 0 Å². The van der Waals surface area contributed by atoms with Crippen LogP contribution in [-0.2, 0) is 5.54 Å². The first-order valence-electron chi connectivity index (χ1n) is 6.56. The van der Waals surface area contributed by atoms with E-state index in [1.807, 2.05) is 23.1 Å².